The largest absolute Gasteiger partial charge is 0.351 e. The summed E-state index contributed by atoms with van der Waals surface area (Å²) < 4.78 is 30.2. The highest BCUT2D eigenvalue weighted by molar-refractivity contribution is 7.92. The lowest BCUT2D eigenvalue weighted by Gasteiger charge is -2.32. The van der Waals surface area contributed by atoms with Gasteiger partial charge in [0.1, 0.15) is 0 Å². The molecule has 1 fully saturated rings. The quantitative estimate of drug-likeness (QED) is 0.644. The van der Waals surface area contributed by atoms with Gasteiger partial charge in [0.15, 0.2) is 0 Å². The number of nitrogens with zero attached hydrogens (tertiary/aromatic N) is 2. The van der Waals surface area contributed by atoms with Gasteiger partial charge in [0.05, 0.1) is 4.90 Å². The van der Waals surface area contributed by atoms with E-state index in [4.69, 9.17) is 0 Å². The number of likely N-dealkylation sites (tertiary alicyclic amines) is 1. The Morgan fingerprint density at radius 1 is 0.935 bits per heavy atom. The molecule has 4 rings (SSSR count). The second kappa shape index (κ2) is 8.59. The normalized spacial score (nSPS) is 15.1. The molecule has 2 heterocycles. The van der Waals surface area contributed by atoms with Crippen molar-refractivity contribution in [2.75, 3.05) is 17.8 Å². The Labute approximate surface area is 183 Å². The van der Waals surface area contributed by atoms with Gasteiger partial charge >= 0.3 is 0 Å². The van der Waals surface area contributed by atoms with Crippen LogP contribution in [0.25, 0.3) is 0 Å². The molecule has 0 spiro atoms. The number of sulfonamides is 1. The molecule has 31 heavy (non-hydrogen) atoms. The van der Waals surface area contributed by atoms with Crippen LogP contribution in [0.2, 0.25) is 0 Å². The molecule has 0 saturated carbocycles. The first-order valence-corrected chi connectivity index (χ1v) is 11.9. The van der Waals surface area contributed by atoms with Crippen molar-refractivity contribution in [2.24, 2.45) is 0 Å². The summed E-state index contributed by atoms with van der Waals surface area (Å²) in [6, 6.07) is 16.1. The molecule has 0 bridgehead atoms. The van der Waals surface area contributed by atoms with E-state index in [0.717, 1.165) is 24.0 Å². The molecule has 2 aromatic carbocycles. The lowest BCUT2D eigenvalue weighted by molar-refractivity contribution is 0.0694. The second-order valence-corrected chi connectivity index (χ2v) is 9.76. The van der Waals surface area contributed by atoms with E-state index in [-0.39, 0.29) is 10.8 Å². The lowest BCUT2D eigenvalue weighted by atomic mass is 10.0. The predicted octanol–water partition coefficient (Wildman–Crippen LogP) is 4.38. The Morgan fingerprint density at radius 3 is 2.19 bits per heavy atom. The van der Waals surface area contributed by atoms with Gasteiger partial charge in [-0.15, -0.1) is 0 Å². The first kappa shape index (κ1) is 21.2. The molecule has 1 aromatic heterocycles. The standard InChI is InChI=1S/C24H27N3O3S/c1-18-5-8-21(17-19(18)2)25-31(29,30)23-9-6-20(7-10-23)24(28)27-15-11-22(12-16-27)26-13-3-4-14-26/h3-10,13-14,17,22,25H,11-12,15-16H2,1-2H3. The predicted molar refractivity (Wildman–Crippen MR) is 122 cm³/mol. The number of benzene rings is 2. The molecule has 6 nitrogen and oxygen atoms in total. The van der Waals surface area contributed by atoms with E-state index in [9.17, 15) is 13.2 Å². The minimum Gasteiger partial charge on any atom is -0.351 e. The maximum Gasteiger partial charge on any atom is 0.261 e. The fraction of sp³-hybridized carbons (Fsp3) is 0.292. The van der Waals surface area contributed by atoms with Gasteiger partial charge < -0.3 is 9.47 Å². The maximum absolute atomic E-state index is 12.9. The van der Waals surface area contributed by atoms with Crippen molar-refractivity contribution < 1.29 is 13.2 Å². The number of amides is 1. The summed E-state index contributed by atoms with van der Waals surface area (Å²) in [6.45, 7) is 5.30. The minimum atomic E-state index is -3.72. The average Bonchev–Trinajstić information content (AvgIpc) is 3.31. The molecule has 0 atom stereocenters. The zero-order chi connectivity index (χ0) is 22.0. The van der Waals surface area contributed by atoms with Crippen molar-refractivity contribution in [1.82, 2.24) is 9.47 Å². The molecular formula is C24H27N3O3S. The van der Waals surface area contributed by atoms with Crippen LogP contribution in [-0.2, 0) is 10.0 Å². The second-order valence-electron chi connectivity index (χ2n) is 8.08. The van der Waals surface area contributed by atoms with Crippen molar-refractivity contribution in [3.05, 3.63) is 83.7 Å². The SMILES string of the molecule is Cc1ccc(NS(=O)(=O)c2ccc(C(=O)N3CCC(n4cccc4)CC3)cc2)cc1C. The monoisotopic (exact) mass is 437 g/mol. The van der Waals surface area contributed by atoms with Crippen LogP contribution in [0.3, 0.4) is 0 Å². The third-order valence-electron chi connectivity index (χ3n) is 5.97. The number of aromatic nitrogens is 1. The van der Waals surface area contributed by atoms with E-state index in [1.54, 1.807) is 18.2 Å². The van der Waals surface area contributed by atoms with Gasteiger partial charge in [0, 0.05) is 42.8 Å². The third kappa shape index (κ3) is 4.66. The van der Waals surface area contributed by atoms with Crippen LogP contribution in [0.1, 0.15) is 40.4 Å². The van der Waals surface area contributed by atoms with Crippen LogP contribution in [0, 0.1) is 13.8 Å². The number of hydrogen-bond acceptors (Lipinski definition) is 3. The van der Waals surface area contributed by atoms with E-state index in [0.29, 0.717) is 30.4 Å². The van der Waals surface area contributed by atoms with Crippen LogP contribution in [-0.4, -0.2) is 36.9 Å². The highest BCUT2D eigenvalue weighted by atomic mass is 32.2. The number of rotatable bonds is 5. The Bertz CT molecular complexity index is 1160. The van der Waals surface area contributed by atoms with E-state index < -0.39 is 10.0 Å². The number of carbonyl (C=O) groups is 1. The van der Waals surface area contributed by atoms with Crippen LogP contribution < -0.4 is 4.72 Å². The molecular weight excluding hydrogens is 410 g/mol. The highest BCUT2D eigenvalue weighted by Gasteiger charge is 2.24. The molecule has 1 amide bonds. The molecule has 1 aliphatic heterocycles. The Hall–Kier alpha value is -3.06. The first-order valence-electron chi connectivity index (χ1n) is 10.5. The van der Waals surface area contributed by atoms with Gasteiger partial charge in [0.2, 0.25) is 0 Å². The molecule has 1 saturated heterocycles. The zero-order valence-corrected chi connectivity index (χ0v) is 18.6. The van der Waals surface area contributed by atoms with E-state index >= 15 is 0 Å². The van der Waals surface area contributed by atoms with Crippen LogP contribution >= 0.6 is 0 Å². The van der Waals surface area contributed by atoms with Crippen molar-refractivity contribution >= 4 is 21.6 Å². The van der Waals surface area contributed by atoms with Gasteiger partial charge in [0.25, 0.3) is 15.9 Å². The number of carbonyl (C=O) groups excluding carboxylic acids is 1. The molecule has 1 N–H and O–H groups in total. The van der Waals surface area contributed by atoms with Crippen molar-refractivity contribution in [3.63, 3.8) is 0 Å². The van der Waals surface area contributed by atoms with Gasteiger partial charge in [-0.1, -0.05) is 6.07 Å². The summed E-state index contributed by atoms with van der Waals surface area (Å²) in [5.74, 6) is -0.0583. The molecule has 0 aliphatic carbocycles. The van der Waals surface area contributed by atoms with Crippen molar-refractivity contribution in [2.45, 2.75) is 37.6 Å². The molecule has 7 heteroatoms. The number of nitrogens with one attached hydrogen (secondary N) is 1. The summed E-state index contributed by atoms with van der Waals surface area (Å²) in [6.07, 6.45) is 5.94. The summed E-state index contributed by atoms with van der Waals surface area (Å²) in [4.78, 5) is 14.8. The van der Waals surface area contributed by atoms with Crippen molar-refractivity contribution in [1.29, 1.82) is 0 Å². The summed E-state index contributed by atoms with van der Waals surface area (Å²) in [5.41, 5.74) is 3.14. The van der Waals surface area contributed by atoms with Gasteiger partial charge in [-0.2, -0.15) is 0 Å². The lowest BCUT2D eigenvalue weighted by Crippen LogP contribution is -2.38. The average molecular weight is 438 g/mol. The number of anilines is 1. The molecule has 0 radical (unpaired) electrons. The molecule has 1 aliphatic rings. The minimum absolute atomic E-state index is 0.0583. The van der Waals surface area contributed by atoms with Crippen LogP contribution in [0.15, 0.2) is 71.9 Å². The fourth-order valence-corrected chi connectivity index (χ4v) is 4.99. The Balaban J connectivity index is 1.41. The topological polar surface area (TPSA) is 71.4 Å². The third-order valence-corrected chi connectivity index (χ3v) is 7.37. The molecule has 3 aromatic rings. The number of aryl methyl sites for hydroxylation is 2. The highest BCUT2D eigenvalue weighted by Crippen LogP contribution is 2.24. The smallest absolute Gasteiger partial charge is 0.261 e. The molecule has 0 unspecified atom stereocenters. The van der Waals surface area contributed by atoms with E-state index in [1.807, 2.05) is 43.0 Å². The summed E-state index contributed by atoms with van der Waals surface area (Å²) in [5, 5.41) is 0. The Morgan fingerprint density at radius 2 is 1.58 bits per heavy atom. The van der Waals surface area contributed by atoms with Crippen LogP contribution in [0.5, 0.6) is 0 Å². The van der Waals surface area contributed by atoms with E-state index in [2.05, 4.69) is 21.7 Å². The number of piperidine rings is 1. The number of hydrogen-bond donors (Lipinski definition) is 1. The Kier molecular flexibility index (Phi) is 5.87. The van der Waals surface area contributed by atoms with Gasteiger partial charge in [-0.3, -0.25) is 9.52 Å². The van der Waals surface area contributed by atoms with Crippen LogP contribution in [0.4, 0.5) is 5.69 Å². The van der Waals surface area contributed by atoms with Gasteiger partial charge in [-0.05, 0) is 86.3 Å². The molecule has 162 valence electrons. The first-order chi connectivity index (χ1) is 14.8. The van der Waals surface area contributed by atoms with E-state index in [1.165, 1.54) is 12.1 Å². The maximum atomic E-state index is 12.9. The summed E-state index contributed by atoms with van der Waals surface area (Å²) >= 11 is 0. The van der Waals surface area contributed by atoms with Gasteiger partial charge in [-0.25, -0.2) is 8.42 Å². The fourth-order valence-electron chi connectivity index (χ4n) is 3.94. The zero-order valence-electron chi connectivity index (χ0n) is 17.8. The van der Waals surface area contributed by atoms with Crippen molar-refractivity contribution in [3.8, 4) is 0 Å². The summed E-state index contributed by atoms with van der Waals surface area (Å²) in [7, 11) is -3.72.